The summed E-state index contributed by atoms with van der Waals surface area (Å²) in [5.41, 5.74) is 8.63. The number of piperidine rings is 4. The van der Waals surface area contributed by atoms with Gasteiger partial charge < -0.3 is 10.0 Å². The summed E-state index contributed by atoms with van der Waals surface area (Å²) in [4.78, 5) is 26.7. The second-order valence-corrected chi connectivity index (χ2v) is 33.5. The molecule has 0 radical (unpaired) electrons. The Morgan fingerprint density at radius 3 is 1.58 bits per heavy atom. The van der Waals surface area contributed by atoms with Crippen LogP contribution in [0.15, 0.2) is 103 Å². The normalized spacial score (nSPS) is 19.6. The molecule has 1 N–H and O–H groups in total. The Balaban J connectivity index is 0.000000188. The third kappa shape index (κ3) is 19.6. The highest BCUT2D eigenvalue weighted by Gasteiger charge is 2.52. The molecule has 0 saturated carbocycles. The van der Waals surface area contributed by atoms with Gasteiger partial charge in [0.05, 0.1) is 52.6 Å². The van der Waals surface area contributed by atoms with Gasteiger partial charge in [-0.15, -0.1) is 11.3 Å². The summed E-state index contributed by atoms with van der Waals surface area (Å²) in [7, 11) is 0. The molecule has 0 bridgehead atoms. The Labute approximate surface area is 596 Å². The van der Waals surface area contributed by atoms with Gasteiger partial charge in [-0.05, 0) is 176 Å². The third-order valence-electron chi connectivity index (χ3n) is 23.3. The Kier molecular flexibility index (Phi) is 27.0. The van der Waals surface area contributed by atoms with Crippen molar-refractivity contribution in [3.63, 3.8) is 0 Å². The molecule has 14 nitrogen and oxygen atoms in total. The molecule has 4 saturated heterocycles. The van der Waals surface area contributed by atoms with E-state index in [1.807, 2.05) is 48.2 Å². The highest BCUT2D eigenvalue weighted by Crippen LogP contribution is 2.53. The zero-order chi connectivity index (χ0) is 72.6. The molecule has 6 heterocycles. The molecule has 99 heavy (non-hydrogen) atoms. The first-order valence-electron chi connectivity index (χ1n) is 35.9. The van der Waals surface area contributed by atoms with Crippen LogP contribution in [0.3, 0.4) is 0 Å². The van der Waals surface area contributed by atoms with Crippen LogP contribution in [-0.4, -0.2) is 109 Å². The van der Waals surface area contributed by atoms with Crippen molar-refractivity contribution in [1.82, 2.24) is 39.6 Å². The number of hydrogen-bond donors (Lipinski definition) is 1. The average Bonchev–Trinajstić information content (AvgIpc) is 1.30. The van der Waals surface area contributed by atoms with Gasteiger partial charge in [-0.2, -0.15) is 36.0 Å². The molecule has 532 valence electrons. The van der Waals surface area contributed by atoms with E-state index >= 15 is 4.39 Å². The lowest BCUT2D eigenvalue weighted by Gasteiger charge is -2.51. The molecule has 6 aromatic rings. The number of phenolic OH excluding ortho intramolecular Hbond substituents is 1. The highest BCUT2D eigenvalue weighted by atomic mass is 32.1. The van der Waals surface area contributed by atoms with E-state index in [1.54, 1.807) is 28.4 Å². The highest BCUT2D eigenvalue weighted by molar-refractivity contribution is 7.09. The maximum absolute atomic E-state index is 15.3. The number of aromatic hydroxyl groups is 1. The van der Waals surface area contributed by atoms with E-state index in [1.165, 1.54) is 17.2 Å². The molecule has 2 unspecified atom stereocenters. The number of hydrogen-bond acceptors (Lipinski definition) is 13. The minimum atomic E-state index is -0.984. The monoisotopic (exact) mass is 1370 g/mol. The lowest BCUT2D eigenvalue weighted by molar-refractivity contribution is -0.134. The van der Waals surface area contributed by atoms with Crippen LogP contribution >= 0.6 is 11.3 Å². The number of nitriles is 4. The van der Waals surface area contributed by atoms with Crippen molar-refractivity contribution >= 4 is 17.2 Å². The van der Waals surface area contributed by atoms with Gasteiger partial charge in [-0.1, -0.05) is 164 Å². The summed E-state index contributed by atoms with van der Waals surface area (Å²) in [6.45, 7) is 41.6. The van der Waals surface area contributed by atoms with Crippen molar-refractivity contribution in [3.8, 4) is 58.1 Å². The van der Waals surface area contributed by atoms with Crippen LogP contribution in [0.25, 0.3) is 28.1 Å². The summed E-state index contributed by atoms with van der Waals surface area (Å²) >= 11 is 1.70. The SMILES string of the molecule is CC(C)(C)C1(CC#N)CCN(Cc2cc(O)c(-c3ccccc3)cc2F)CC1.CCC1(C(C)(C)C)CCN(C(=O)CC#N)CC1.CCc1nc(-c2ccc(CN3CCC(CC#N)(C(C)(C)C)C(F)C3)cc2)cs1.Cc1cnn(-c2ccc(CN3CCC(CC#N)(C(C)(C)C)CC3)cc2)n1. The molecule has 4 aliphatic rings. The predicted molar refractivity (Wildman–Crippen MR) is 395 cm³/mol. The van der Waals surface area contributed by atoms with Crippen LogP contribution < -0.4 is 0 Å². The first-order chi connectivity index (χ1) is 46.7. The lowest BCUT2D eigenvalue weighted by atomic mass is 9.59. The van der Waals surface area contributed by atoms with Gasteiger partial charge in [0.25, 0.3) is 0 Å². The predicted octanol–water partition coefficient (Wildman–Crippen LogP) is 18.7. The molecular weight excluding hydrogens is 1260 g/mol. The topological polar surface area (TPSA) is 189 Å². The average molecular weight is 1370 g/mol. The van der Waals surface area contributed by atoms with Crippen LogP contribution in [0.1, 0.15) is 201 Å². The van der Waals surface area contributed by atoms with Crippen molar-refractivity contribution in [3.05, 3.63) is 136 Å². The molecule has 4 aliphatic heterocycles. The van der Waals surface area contributed by atoms with E-state index in [2.05, 4.69) is 199 Å². The van der Waals surface area contributed by atoms with Gasteiger partial charge in [0.1, 0.15) is 24.2 Å². The number of likely N-dealkylation sites (tertiary alicyclic amines) is 4. The number of thiazole rings is 1. The van der Waals surface area contributed by atoms with Crippen LogP contribution in [0.4, 0.5) is 8.78 Å². The van der Waals surface area contributed by atoms with Crippen molar-refractivity contribution in [2.24, 2.45) is 43.3 Å². The van der Waals surface area contributed by atoms with Gasteiger partial charge in [-0.3, -0.25) is 19.5 Å². The minimum Gasteiger partial charge on any atom is -0.507 e. The number of benzene rings is 4. The number of halogens is 2. The minimum absolute atomic E-state index is 0.00823. The molecule has 1 amide bonds. The smallest absolute Gasteiger partial charge is 0.236 e. The number of aromatic nitrogens is 4. The van der Waals surface area contributed by atoms with Crippen LogP contribution in [-0.2, 0) is 30.8 Å². The molecule has 4 aromatic carbocycles. The summed E-state index contributed by atoms with van der Waals surface area (Å²) in [6, 6.07) is 38.3. The number of carbonyl (C=O) groups excluding carboxylic acids is 1. The first-order valence-corrected chi connectivity index (χ1v) is 36.8. The fourth-order valence-corrected chi connectivity index (χ4v) is 16.2. The second-order valence-electron chi connectivity index (χ2n) is 32.5. The van der Waals surface area contributed by atoms with Gasteiger partial charge in [-0.25, -0.2) is 13.8 Å². The molecule has 2 aromatic heterocycles. The number of aryl methyl sites for hydroxylation is 2. The van der Waals surface area contributed by atoms with E-state index in [-0.39, 0.29) is 62.8 Å². The molecule has 4 fully saturated rings. The van der Waals surface area contributed by atoms with Crippen molar-refractivity contribution in [1.29, 1.82) is 21.0 Å². The quantitative estimate of drug-likeness (QED) is 0.103. The van der Waals surface area contributed by atoms with Gasteiger partial charge in [0.2, 0.25) is 5.91 Å². The van der Waals surface area contributed by atoms with Crippen LogP contribution in [0.5, 0.6) is 5.75 Å². The van der Waals surface area contributed by atoms with Crippen LogP contribution in [0.2, 0.25) is 0 Å². The van der Waals surface area contributed by atoms with E-state index < -0.39 is 11.6 Å². The second kappa shape index (κ2) is 33.9. The summed E-state index contributed by atoms with van der Waals surface area (Å²) < 4.78 is 30.0. The largest absolute Gasteiger partial charge is 0.507 e. The third-order valence-corrected chi connectivity index (χ3v) is 24.3. The number of alkyl halides is 1. The Bertz CT molecular complexity index is 3730. The van der Waals surface area contributed by atoms with Gasteiger partial charge >= 0.3 is 0 Å². The Hall–Kier alpha value is -7.38. The summed E-state index contributed by atoms with van der Waals surface area (Å²) in [6.07, 6.45) is 11.3. The molecule has 0 spiro atoms. The van der Waals surface area contributed by atoms with Crippen LogP contribution in [0, 0.1) is 101 Å². The van der Waals surface area contributed by atoms with Crippen molar-refractivity contribution in [2.45, 2.75) is 213 Å². The molecular formula is C82H112F2N12O2S. The number of phenols is 1. The molecule has 0 aliphatic carbocycles. The standard InChI is InChI=1S/C24H29FN2O.C23H30FN3S.C21H29N5.C14H24N2O/c1-23(2,3)24(9-12-26)10-13-27(14-11-24)17-19-15-22(28)20(16-21(19)25)18-7-5-4-6-8-18;1-5-21-26-19(16-28-21)18-8-6-17(7-9-18)14-27-13-11-23(10-12-25,20(24)15-27)22(2,3)4;1-17-15-23-26(24-17)19-7-5-18(6-8-19)16-25-13-10-21(9-12-22,11-14-25)20(2,3)4;1-5-14(13(2,3)4)7-10-16(11-8-14)12(17)6-9-15/h4-8,15-16,28H,9-11,13-14,17H2,1-3H3;6-9,16,20H,5,10-11,13-15H2,1-4H3;5-8,15H,9-11,13-14,16H2,1-4H3;5-8,10-11H2,1-4H3. The van der Waals surface area contributed by atoms with Gasteiger partial charge in [0, 0.05) is 86.0 Å². The Morgan fingerprint density at radius 1 is 0.616 bits per heavy atom. The zero-order valence-electron chi connectivity index (χ0n) is 62.2. The van der Waals surface area contributed by atoms with Gasteiger partial charge in [0.15, 0.2) is 0 Å². The van der Waals surface area contributed by atoms with E-state index in [0.29, 0.717) is 42.5 Å². The summed E-state index contributed by atoms with van der Waals surface area (Å²) in [5, 5.41) is 58.7. The number of amides is 1. The maximum Gasteiger partial charge on any atom is 0.236 e. The number of nitrogens with zero attached hydrogens (tertiary/aromatic N) is 12. The molecule has 17 heteroatoms. The van der Waals surface area contributed by atoms with E-state index in [0.717, 1.165) is 150 Å². The lowest BCUT2D eigenvalue weighted by Crippen LogP contribution is -2.54. The fourth-order valence-electron chi connectivity index (χ4n) is 15.5. The first kappa shape index (κ1) is 79.0. The van der Waals surface area contributed by atoms with E-state index in [9.17, 15) is 30.1 Å². The molecule has 2 atom stereocenters. The van der Waals surface area contributed by atoms with Crippen molar-refractivity contribution in [2.75, 3.05) is 52.4 Å². The zero-order valence-corrected chi connectivity index (χ0v) is 63.1. The number of rotatable bonds is 15. The van der Waals surface area contributed by atoms with E-state index in [4.69, 9.17) is 5.26 Å². The Morgan fingerprint density at radius 2 is 1.12 bits per heavy atom. The summed E-state index contributed by atoms with van der Waals surface area (Å²) in [5.74, 6) is -0.194. The number of carbonyl (C=O) groups is 1. The fraction of sp³-hybridized carbons (Fsp3) is 0.585. The molecule has 10 rings (SSSR count). The van der Waals surface area contributed by atoms with Crippen molar-refractivity contribution < 1.29 is 18.7 Å². The maximum atomic E-state index is 15.3.